The predicted octanol–water partition coefficient (Wildman–Crippen LogP) is 4.02. The molecule has 2 aliphatic heterocycles. The highest BCUT2D eigenvalue weighted by molar-refractivity contribution is 5.98. The SMILES string of the molecule is Cc1cccc2c1C1(CCN(C(=O)Cn3c(=O)n(C)c4ccccc43)CC1)CC2NC(=O)c1cccc2c1OCC2. The number of piperidine rings is 1. The van der Waals surface area contributed by atoms with Crippen LogP contribution in [0.3, 0.4) is 0 Å². The van der Waals surface area contributed by atoms with Crippen LogP contribution in [0, 0.1) is 6.92 Å². The van der Waals surface area contributed by atoms with Gasteiger partial charge in [0.05, 0.1) is 29.2 Å². The molecule has 4 aromatic rings. The van der Waals surface area contributed by atoms with Gasteiger partial charge in [-0.1, -0.05) is 42.5 Å². The number of nitrogens with one attached hydrogen (secondary N) is 1. The number of likely N-dealkylation sites (tertiary alicyclic amines) is 1. The number of hydrogen-bond acceptors (Lipinski definition) is 4. The zero-order valence-electron chi connectivity index (χ0n) is 23.5. The molecule has 1 spiro atoms. The van der Waals surface area contributed by atoms with Crippen LogP contribution < -0.4 is 15.7 Å². The van der Waals surface area contributed by atoms with E-state index in [1.165, 1.54) is 16.7 Å². The quantitative estimate of drug-likeness (QED) is 0.416. The van der Waals surface area contributed by atoms with Crippen LogP contribution in [0.1, 0.15) is 57.9 Å². The molecular formula is C33H34N4O4. The van der Waals surface area contributed by atoms with Gasteiger partial charge in [-0.2, -0.15) is 0 Å². The van der Waals surface area contributed by atoms with E-state index in [4.69, 9.17) is 4.74 Å². The number of nitrogens with zero attached hydrogens (tertiary/aromatic N) is 3. The summed E-state index contributed by atoms with van der Waals surface area (Å²) in [7, 11) is 1.74. The van der Waals surface area contributed by atoms with Crippen LogP contribution in [-0.4, -0.2) is 45.5 Å². The maximum atomic E-state index is 13.5. The molecule has 0 radical (unpaired) electrons. The molecular weight excluding hydrogens is 516 g/mol. The average Bonchev–Trinajstić information content (AvgIpc) is 3.65. The number of carbonyl (C=O) groups is 2. The van der Waals surface area contributed by atoms with Crippen molar-refractivity contribution < 1.29 is 14.3 Å². The number of benzene rings is 3. The normalized spacial score (nSPS) is 18.8. The highest BCUT2D eigenvalue weighted by Gasteiger charge is 2.47. The van der Waals surface area contributed by atoms with Crippen LogP contribution in [0.15, 0.2) is 65.5 Å². The van der Waals surface area contributed by atoms with Crippen LogP contribution in [0.2, 0.25) is 0 Å². The first-order valence-corrected chi connectivity index (χ1v) is 14.4. The summed E-state index contributed by atoms with van der Waals surface area (Å²) in [6.45, 7) is 4.02. The Morgan fingerprint density at radius 2 is 1.76 bits per heavy atom. The Morgan fingerprint density at radius 3 is 2.56 bits per heavy atom. The minimum Gasteiger partial charge on any atom is -0.492 e. The standard InChI is InChI=1S/C33H34N4O4/c1-21-7-5-9-23-25(34-31(39)24-10-6-8-22-13-18-41-30(22)24)19-33(29(21)23)14-16-36(17-15-33)28(38)20-37-27-12-4-3-11-26(27)35(2)32(37)40/h3-12,25H,13-20H2,1-2H3,(H,34,39). The van der Waals surface area contributed by atoms with Crippen LogP contribution in [0.5, 0.6) is 5.75 Å². The molecule has 1 N–H and O–H groups in total. The number of hydrogen-bond donors (Lipinski definition) is 1. The van der Waals surface area contributed by atoms with Gasteiger partial charge in [0.15, 0.2) is 0 Å². The lowest BCUT2D eigenvalue weighted by Gasteiger charge is -2.41. The summed E-state index contributed by atoms with van der Waals surface area (Å²) in [6.07, 6.45) is 3.27. The molecule has 1 fully saturated rings. The Morgan fingerprint density at radius 1 is 1.00 bits per heavy atom. The Bertz CT molecular complexity index is 1760. The number of ether oxygens (including phenoxy) is 1. The average molecular weight is 551 g/mol. The molecule has 1 atom stereocenters. The molecule has 2 amide bonds. The van der Waals surface area contributed by atoms with Crippen molar-refractivity contribution in [3.05, 3.63) is 99.0 Å². The van der Waals surface area contributed by atoms with Gasteiger partial charge in [-0.15, -0.1) is 0 Å². The molecule has 3 heterocycles. The Balaban J connectivity index is 1.10. The van der Waals surface area contributed by atoms with Crippen molar-refractivity contribution in [2.24, 2.45) is 7.05 Å². The van der Waals surface area contributed by atoms with Crippen molar-refractivity contribution in [2.45, 2.75) is 50.6 Å². The highest BCUT2D eigenvalue weighted by Crippen LogP contribution is 2.52. The van der Waals surface area contributed by atoms with E-state index in [9.17, 15) is 14.4 Å². The molecule has 0 bridgehead atoms. The Kier molecular flexibility index (Phi) is 6.03. The summed E-state index contributed by atoms with van der Waals surface area (Å²) in [5.74, 6) is 0.565. The van der Waals surface area contributed by atoms with E-state index in [2.05, 4.69) is 30.4 Å². The number of imidazole rings is 1. The minimum atomic E-state index is -0.179. The summed E-state index contributed by atoms with van der Waals surface area (Å²) in [5.41, 5.74) is 6.70. The molecule has 8 nitrogen and oxygen atoms in total. The third-order valence-corrected chi connectivity index (χ3v) is 9.49. The van der Waals surface area contributed by atoms with E-state index in [1.807, 2.05) is 47.4 Å². The monoisotopic (exact) mass is 550 g/mol. The first kappa shape index (κ1) is 25.6. The summed E-state index contributed by atoms with van der Waals surface area (Å²) in [6, 6.07) is 19.6. The number of amides is 2. The summed E-state index contributed by atoms with van der Waals surface area (Å²) < 4.78 is 8.97. The first-order chi connectivity index (χ1) is 19.9. The van der Waals surface area contributed by atoms with Crippen molar-refractivity contribution in [1.82, 2.24) is 19.4 Å². The Hall–Kier alpha value is -4.33. The van der Waals surface area contributed by atoms with Gasteiger partial charge < -0.3 is 15.0 Å². The predicted molar refractivity (Wildman–Crippen MR) is 156 cm³/mol. The molecule has 3 aromatic carbocycles. The van der Waals surface area contributed by atoms with Crippen molar-refractivity contribution in [3.63, 3.8) is 0 Å². The van der Waals surface area contributed by atoms with Crippen LogP contribution in [-0.2, 0) is 30.2 Å². The van der Waals surface area contributed by atoms with E-state index in [0.29, 0.717) is 31.0 Å². The third kappa shape index (κ3) is 4.07. The zero-order valence-corrected chi connectivity index (χ0v) is 23.5. The third-order valence-electron chi connectivity index (χ3n) is 9.49. The number of aromatic nitrogens is 2. The second-order valence-electron chi connectivity index (χ2n) is 11.7. The van der Waals surface area contributed by atoms with E-state index >= 15 is 0 Å². The largest absolute Gasteiger partial charge is 0.492 e. The fraction of sp³-hybridized carbons (Fsp3) is 0.364. The van der Waals surface area contributed by atoms with E-state index in [0.717, 1.165) is 42.3 Å². The molecule has 1 aromatic heterocycles. The molecule has 41 heavy (non-hydrogen) atoms. The topological polar surface area (TPSA) is 85.6 Å². The van der Waals surface area contributed by atoms with Crippen LogP contribution >= 0.6 is 0 Å². The molecule has 7 rings (SSSR count). The van der Waals surface area contributed by atoms with Crippen LogP contribution in [0.4, 0.5) is 0 Å². The van der Waals surface area contributed by atoms with Gasteiger partial charge in [0.25, 0.3) is 5.91 Å². The smallest absolute Gasteiger partial charge is 0.329 e. The second-order valence-corrected chi connectivity index (χ2v) is 11.7. The lowest BCUT2D eigenvalue weighted by molar-refractivity contribution is -0.133. The molecule has 1 unspecified atom stereocenters. The maximum absolute atomic E-state index is 13.5. The van der Waals surface area contributed by atoms with Crippen LogP contribution in [0.25, 0.3) is 11.0 Å². The van der Waals surface area contributed by atoms with Crippen molar-refractivity contribution in [1.29, 1.82) is 0 Å². The van der Waals surface area contributed by atoms with Gasteiger partial charge in [0.2, 0.25) is 5.91 Å². The number of aryl methyl sites for hydroxylation is 2. The molecule has 1 aliphatic carbocycles. The molecule has 0 saturated carbocycles. The Labute approximate surface area is 238 Å². The van der Waals surface area contributed by atoms with Gasteiger partial charge in [-0.25, -0.2) is 4.79 Å². The first-order valence-electron chi connectivity index (χ1n) is 14.4. The molecule has 210 valence electrons. The van der Waals surface area contributed by atoms with Gasteiger partial charge in [-0.3, -0.25) is 18.7 Å². The van der Waals surface area contributed by atoms with E-state index < -0.39 is 0 Å². The van der Waals surface area contributed by atoms with Gasteiger partial charge in [-0.05, 0) is 66.6 Å². The fourth-order valence-electron chi connectivity index (χ4n) is 7.46. The number of para-hydroxylation sites is 3. The molecule has 8 heteroatoms. The fourth-order valence-corrected chi connectivity index (χ4v) is 7.46. The lowest BCUT2D eigenvalue weighted by atomic mass is 9.72. The minimum absolute atomic E-state index is 0.0327. The number of carbonyl (C=O) groups excluding carboxylic acids is 2. The van der Waals surface area contributed by atoms with Crippen molar-refractivity contribution in [3.8, 4) is 5.75 Å². The zero-order chi connectivity index (χ0) is 28.3. The number of fused-ring (bicyclic) bond motifs is 4. The second kappa shape index (κ2) is 9.65. The van der Waals surface area contributed by atoms with Crippen molar-refractivity contribution >= 4 is 22.8 Å². The summed E-state index contributed by atoms with van der Waals surface area (Å²) >= 11 is 0. The van der Waals surface area contributed by atoms with E-state index in [1.54, 1.807) is 16.2 Å². The van der Waals surface area contributed by atoms with Crippen molar-refractivity contribution in [2.75, 3.05) is 19.7 Å². The molecule has 1 saturated heterocycles. The van der Waals surface area contributed by atoms with E-state index in [-0.39, 0.29) is 35.5 Å². The summed E-state index contributed by atoms with van der Waals surface area (Å²) in [5, 5.41) is 3.33. The van der Waals surface area contributed by atoms with Gasteiger partial charge >= 0.3 is 5.69 Å². The molecule has 3 aliphatic rings. The van der Waals surface area contributed by atoms with Gasteiger partial charge in [0.1, 0.15) is 12.3 Å². The highest BCUT2D eigenvalue weighted by atomic mass is 16.5. The number of rotatable bonds is 4. The van der Waals surface area contributed by atoms with Gasteiger partial charge in [0, 0.05) is 32.0 Å². The summed E-state index contributed by atoms with van der Waals surface area (Å²) in [4.78, 5) is 41.7. The lowest BCUT2D eigenvalue weighted by Crippen LogP contribution is -2.46. The maximum Gasteiger partial charge on any atom is 0.329 e.